The number of amides is 1. The molecule has 0 saturated carbocycles. The third kappa shape index (κ3) is 2.04. The molecule has 7 nitrogen and oxygen atoms in total. The smallest absolute Gasteiger partial charge is 0.337 e. The second-order valence-corrected chi connectivity index (χ2v) is 5.16. The number of aromatic carboxylic acids is 1. The highest BCUT2D eigenvalue weighted by atomic mass is 16.4. The molecule has 106 valence electrons. The van der Waals surface area contributed by atoms with Gasteiger partial charge >= 0.3 is 5.97 Å². The number of rotatable bonds is 2. The molecule has 0 aromatic carbocycles. The highest BCUT2D eigenvalue weighted by Gasteiger charge is 2.35. The van der Waals surface area contributed by atoms with E-state index in [1.165, 1.54) is 12.3 Å². The van der Waals surface area contributed by atoms with Crippen LogP contribution in [0.3, 0.4) is 0 Å². The number of nitrogens with two attached hydrogens (primary N) is 1. The van der Waals surface area contributed by atoms with Crippen molar-refractivity contribution in [1.29, 1.82) is 0 Å². The van der Waals surface area contributed by atoms with Gasteiger partial charge in [-0.05, 0) is 12.5 Å². The van der Waals surface area contributed by atoms with Crippen molar-refractivity contribution >= 4 is 23.4 Å². The number of hydrogen-bond donors (Lipinski definition) is 2. The number of anilines is 2. The summed E-state index contributed by atoms with van der Waals surface area (Å²) in [5.74, 6) is -0.234. The van der Waals surface area contributed by atoms with Gasteiger partial charge in [-0.3, -0.25) is 4.79 Å². The first-order valence-corrected chi connectivity index (χ1v) is 6.59. The highest BCUT2D eigenvalue weighted by molar-refractivity contribution is 5.94. The Morgan fingerprint density at radius 2 is 2.25 bits per heavy atom. The van der Waals surface area contributed by atoms with E-state index in [-0.39, 0.29) is 23.2 Å². The number of carboxylic acid groups (broad SMARTS) is 1. The fourth-order valence-electron chi connectivity index (χ4n) is 2.89. The summed E-state index contributed by atoms with van der Waals surface area (Å²) < 4.78 is 0. The SMILES string of the molecule is Nc1cnc(N2CCN3C(=O)CCC3C2)cc1C(=O)O. The van der Waals surface area contributed by atoms with Crippen LogP contribution in [-0.2, 0) is 4.79 Å². The molecule has 3 heterocycles. The van der Waals surface area contributed by atoms with Crippen LogP contribution in [0, 0.1) is 0 Å². The zero-order chi connectivity index (χ0) is 14.3. The minimum Gasteiger partial charge on any atom is -0.478 e. The van der Waals surface area contributed by atoms with Crippen LogP contribution >= 0.6 is 0 Å². The average Bonchev–Trinajstić information content (AvgIpc) is 2.80. The van der Waals surface area contributed by atoms with Gasteiger partial charge in [0.15, 0.2) is 0 Å². The second kappa shape index (κ2) is 4.66. The Kier molecular flexibility index (Phi) is 2.96. The zero-order valence-electron chi connectivity index (χ0n) is 11.0. The Hall–Kier alpha value is -2.31. The van der Waals surface area contributed by atoms with Crippen molar-refractivity contribution in [3.63, 3.8) is 0 Å². The van der Waals surface area contributed by atoms with E-state index in [2.05, 4.69) is 4.98 Å². The Morgan fingerprint density at radius 3 is 3.00 bits per heavy atom. The monoisotopic (exact) mass is 276 g/mol. The summed E-state index contributed by atoms with van der Waals surface area (Å²) in [7, 11) is 0. The third-order valence-corrected chi connectivity index (χ3v) is 3.97. The molecule has 3 rings (SSSR count). The van der Waals surface area contributed by atoms with Crippen molar-refractivity contribution in [2.24, 2.45) is 0 Å². The first-order chi connectivity index (χ1) is 9.56. The normalized spacial score (nSPS) is 22.0. The first kappa shape index (κ1) is 12.7. The molecular formula is C13H16N4O3. The minimum atomic E-state index is -1.05. The van der Waals surface area contributed by atoms with Gasteiger partial charge in [0.25, 0.3) is 0 Å². The minimum absolute atomic E-state index is 0.0694. The highest BCUT2D eigenvalue weighted by Crippen LogP contribution is 2.26. The molecule has 2 saturated heterocycles. The molecule has 2 aliphatic rings. The lowest BCUT2D eigenvalue weighted by atomic mass is 10.1. The van der Waals surface area contributed by atoms with Crippen molar-refractivity contribution in [2.45, 2.75) is 18.9 Å². The van der Waals surface area contributed by atoms with Gasteiger partial charge in [0.05, 0.1) is 17.4 Å². The molecule has 2 fully saturated rings. The van der Waals surface area contributed by atoms with Gasteiger partial charge in [-0.2, -0.15) is 0 Å². The number of carboxylic acids is 1. The van der Waals surface area contributed by atoms with E-state index in [0.717, 1.165) is 6.42 Å². The van der Waals surface area contributed by atoms with Crippen molar-refractivity contribution in [3.05, 3.63) is 17.8 Å². The maximum Gasteiger partial charge on any atom is 0.337 e. The third-order valence-electron chi connectivity index (χ3n) is 3.97. The molecule has 0 radical (unpaired) electrons. The summed E-state index contributed by atoms with van der Waals surface area (Å²) in [6, 6.07) is 1.72. The fourth-order valence-corrected chi connectivity index (χ4v) is 2.89. The van der Waals surface area contributed by atoms with E-state index in [0.29, 0.717) is 31.9 Å². The quantitative estimate of drug-likeness (QED) is 0.799. The van der Waals surface area contributed by atoms with Gasteiger partial charge in [-0.1, -0.05) is 0 Å². The number of pyridine rings is 1. The van der Waals surface area contributed by atoms with Crippen LogP contribution in [0.2, 0.25) is 0 Å². The lowest BCUT2D eigenvalue weighted by Gasteiger charge is -2.38. The van der Waals surface area contributed by atoms with Gasteiger partial charge in [-0.15, -0.1) is 0 Å². The number of hydrogen-bond acceptors (Lipinski definition) is 5. The van der Waals surface area contributed by atoms with Gasteiger partial charge in [-0.25, -0.2) is 9.78 Å². The van der Waals surface area contributed by atoms with E-state index in [1.54, 1.807) is 0 Å². The van der Waals surface area contributed by atoms with Crippen molar-refractivity contribution in [1.82, 2.24) is 9.88 Å². The summed E-state index contributed by atoms with van der Waals surface area (Å²) in [4.78, 5) is 30.9. The molecule has 1 aromatic heterocycles. The number of carbonyl (C=O) groups excluding carboxylic acids is 1. The second-order valence-electron chi connectivity index (χ2n) is 5.16. The first-order valence-electron chi connectivity index (χ1n) is 6.59. The molecule has 2 aliphatic heterocycles. The van der Waals surface area contributed by atoms with E-state index in [9.17, 15) is 9.59 Å². The van der Waals surface area contributed by atoms with Gasteiger partial charge in [0.1, 0.15) is 5.82 Å². The molecule has 0 spiro atoms. The lowest BCUT2D eigenvalue weighted by molar-refractivity contribution is -0.129. The van der Waals surface area contributed by atoms with Crippen LogP contribution in [-0.4, -0.2) is 52.5 Å². The van der Waals surface area contributed by atoms with Gasteiger partial charge < -0.3 is 20.6 Å². The van der Waals surface area contributed by atoms with E-state index in [1.807, 2.05) is 9.80 Å². The molecule has 7 heteroatoms. The van der Waals surface area contributed by atoms with E-state index >= 15 is 0 Å². The lowest BCUT2D eigenvalue weighted by Crippen LogP contribution is -2.51. The molecular weight excluding hydrogens is 260 g/mol. The summed E-state index contributed by atoms with van der Waals surface area (Å²) in [6.07, 6.45) is 2.84. The maximum atomic E-state index is 11.6. The summed E-state index contributed by atoms with van der Waals surface area (Å²) in [5, 5.41) is 9.09. The number of fused-ring (bicyclic) bond motifs is 1. The average molecular weight is 276 g/mol. The molecule has 1 unspecified atom stereocenters. The molecule has 0 aliphatic carbocycles. The van der Waals surface area contributed by atoms with Crippen molar-refractivity contribution in [3.8, 4) is 0 Å². The van der Waals surface area contributed by atoms with E-state index < -0.39 is 5.97 Å². The molecule has 3 N–H and O–H groups in total. The summed E-state index contributed by atoms with van der Waals surface area (Å²) >= 11 is 0. The number of piperazine rings is 1. The standard InChI is InChI=1S/C13H16N4O3/c14-10-6-15-11(5-9(10)13(19)20)16-3-4-17-8(7-16)1-2-12(17)18/h5-6,8H,1-4,7,14H2,(H,19,20). The molecule has 20 heavy (non-hydrogen) atoms. The summed E-state index contributed by atoms with van der Waals surface area (Å²) in [6.45, 7) is 2.03. The van der Waals surface area contributed by atoms with Crippen molar-refractivity contribution in [2.75, 3.05) is 30.3 Å². The predicted molar refractivity (Wildman–Crippen MR) is 72.6 cm³/mol. The summed E-state index contributed by atoms with van der Waals surface area (Å²) in [5.41, 5.74) is 5.84. The molecule has 1 atom stereocenters. The van der Waals surface area contributed by atoms with Crippen molar-refractivity contribution < 1.29 is 14.7 Å². The van der Waals surface area contributed by atoms with Crippen LogP contribution in [0.15, 0.2) is 12.3 Å². The van der Waals surface area contributed by atoms with Crippen LogP contribution in [0.5, 0.6) is 0 Å². The molecule has 1 aromatic rings. The number of nitrogen functional groups attached to an aromatic ring is 1. The molecule has 1 amide bonds. The maximum absolute atomic E-state index is 11.6. The van der Waals surface area contributed by atoms with Gasteiger partial charge in [0, 0.05) is 32.1 Å². The van der Waals surface area contributed by atoms with Crippen LogP contribution in [0.1, 0.15) is 23.2 Å². The van der Waals surface area contributed by atoms with Gasteiger partial charge in [0.2, 0.25) is 5.91 Å². The Labute approximate surface area is 116 Å². The Bertz CT molecular complexity index is 575. The Balaban J connectivity index is 1.82. The number of aromatic nitrogens is 1. The van der Waals surface area contributed by atoms with E-state index in [4.69, 9.17) is 10.8 Å². The van der Waals surface area contributed by atoms with Crippen LogP contribution < -0.4 is 10.6 Å². The number of carbonyl (C=O) groups is 2. The Morgan fingerprint density at radius 1 is 1.45 bits per heavy atom. The van der Waals surface area contributed by atoms with Crippen LogP contribution in [0.25, 0.3) is 0 Å². The topological polar surface area (TPSA) is 99.8 Å². The van der Waals surface area contributed by atoms with Crippen LogP contribution in [0.4, 0.5) is 11.5 Å². The fraction of sp³-hybridized carbons (Fsp3) is 0.462. The zero-order valence-corrected chi connectivity index (χ0v) is 11.0. The predicted octanol–water partition coefficient (Wildman–Crippen LogP) is 0.173. The largest absolute Gasteiger partial charge is 0.478 e. The number of nitrogens with zero attached hydrogens (tertiary/aromatic N) is 3. The molecule has 0 bridgehead atoms.